The molecule has 2 N–H and O–H groups in total. The summed E-state index contributed by atoms with van der Waals surface area (Å²) in [4.78, 5) is 45.2. The van der Waals surface area contributed by atoms with E-state index in [0.29, 0.717) is 0 Å². The molecule has 0 amide bonds. The van der Waals surface area contributed by atoms with Crippen LogP contribution in [0.5, 0.6) is 5.75 Å². The lowest BCUT2D eigenvalue weighted by molar-refractivity contribution is -0.259. The van der Waals surface area contributed by atoms with Crippen molar-refractivity contribution >= 4 is 29.5 Å². The van der Waals surface area contributed by atoms with Gasteiger partial charge in [-0.15, -0.1) is 0 Å². The summed E-state index contributed by atoms with van der Waals surface area (Å²) >= 11 is 0. The number of carboxylic acids is 1. The highest BCUT2D eigenvalue weighted by Crippen LogP contribution is 2.31. The van der Waals surface area contributed by atoms with Crippen LogP contribution < -0.4 is 20.7 Å². The van der Waals surface area contributed by atoms with Gasteiger partial charge in [0.2, 0.25) is 0 Å². The molecule has 196 valence electrons. The van der Waals surface area contributed by atoms with Crippen molar-refractivity contribution in [3.05, 3.63) is 34.7 Å². The number of hydrogen-bond acceptors (Lipinski definition) is 9. The van der Waals surface area contributed by atoms with Crippen molar-refractivity contribution in [2.45, 2.75) is 73.6 Å². The van der Waals surface area contributed by atoms with E-state index >= 15 is 0 Å². The van der Waals surface area contributed by atoms with E-state index < -0.39 is 41.1 Å². The molecular formula is C25H33N4O7-. The maximum Gasteiger partial charge on any atom is 0.323 e. The van der Waals surface area contributed by atoms with Gasteiger partial charge in [0, 0.05) is 23.3 Å². The van der Waals surface area contributed by atoms with Crippen LogP contribution in [0.4, 0.5) is 11.5 Å². The van der Waals surface area contributed by atoms with Gasteiger partial charge in [-0.1, -0.05) is 20.8 Å². The van der Waals surface area contributed by atoms with Gasteiger partial charge in [-0.05, 0) is 46.8 Å². The fraction of sp³-hybridized carbons (Fsp3) is 0.480. The van der Waals surface area contributed by atoms with E-state index in [4.69, 9.17) is 9.47 Å². The summed E-state index contributed by atoms with van der Waals surface area (Å²) in [5.74, 6) is -1.74. The fourth-order valence-corrected chi connectivity index (χ4v) is 2.89. The second-order valence-corrected chi connectivity index (χ2v) is 10.5. The summed E-state index contributed by atoms with van der Waals surface area (Å²) in [7, 11) is 0. The molecule has 1 aromatic heterocycles. The van der Waals surface area contributed by atoms with Crippen LogP contribution in [-0.4, -0.2) is 44.3 Å². The fourth-order valence-electron chi connectivity index (χ4n) is 2.89. The normalized spacial score (nSPS) is 12.4. The third-order valence-electron chi connectivity index (χ3n) is 4.40. The summed E-state index contributed by atoms with van der Waals surface area (Å²) in [5.41, 5.74) is -1.78. The lowest BCUT2D eigenvalue weighted by Gasteiger charge is -2.29. The summed E-state index contributed by atoms with van der Waals surface area (Å²) in [5, 5.41) is 24.7. The molecule has 1 aromatic carbocycles. The van der Waals surface area contributed by atoms with Crippen LogP contribution >= 0.6 is 0 Å². The van der Waals surface area contributed by atoms with Gasteiger partial charge in [0.05, 0.1) is 23.0 Å². The Bertz CT molecular complexity index is 1220. The van der Waals surface area contributed by atoms with Gasteiger partial charge in [-0.2, -0.15) is 0 Å². The molecule has 36 heavy (non-hydrogen) atoms. The van der Waals surface area contributed by atoms with E-state index in [-0.39, 0.29) is 34.6 Å². The maximum atomic E-state index is 13.0. The van der Waals surface area contributed by atoms with Crippen molar-refractivity contribution in [1.29, 1.82) is 0 Å². The van der Waals surface area contributed by atoms with Crippen LogP contribution in [0.15, 0.2) is 34.2 Å². The standard InChI is InChI=1S/C25H34N4O7/c1-14(2)27-20-21(32)29(13-19(30)31)18(12-26-20)15-9-16(28-23(34)36-25(6,7)8)11-17(10-15)35-22(33)24(3,4)5/h9-12,14H,13H2,1-8H3,(H,26,27)(H,28,34)(H,30,31)/p-1. The Morgan fingerprint density at radius 3 is 2.33 bits per heavy atom. The molecule has 0 bridgehead atoms. The number of carbonyl (C=O) groups excluding carboxylic acids is 1. The first-order valence-electron chi connectivity index (χ1n) is 11.4. The monoisotopic (exact) mass is 501 g/mol. The van der Waals surface area contributed by atoms with Gasteiger partial charge >= 0.3 is 11.9 Å². The molecule has 2 aromatic rings. The smallest absolute Gasteiger partial charge is 0.323 e. The number of aliphatic imine (C=N–C) groups is 1. The van der Waals surface area contributed by atoms with Crippen molar-refractivity contribution in [3.63, 3.8) is 0 Å². The second kappa shape index (κ2) is 10.8. The minimum absolute atomic E-state index is 0.0102. The molecule has 0 atom stereocenters. The predicted molar refractivity (Wildman–Crippen MR) is 133 cm³/mol. The highest BCUT2D eigenvalue weighted by molar-refractivity contribution is 5.80. The molecule has 0 fully saturated rings. The number of ether oxygens (including phenoxy) is 2. The number of nitrogens with zero attached hydrogens (tertiary/aromatic N) is 3. The molecule has 1 heterocycles. The van der Waals surface area contributed by atoms with Crippen LogP contribution in [0, 0.1) is 5.41 Å². The number of nitrogens with one attached hydrogen (secondary N) is 1. The maximum absolute atomic E-state index is 13.0. The third-order valence-corrected chi connectivity index (χ3v) is 4.40. The Morgan fingerprint density at radius 1 is 1.17 bits per heavy atom. The molecule has 0 saturated heterocycles. The molecule has 0 saturated carbocycles. The van der Waals surface area contributed by atoms with E-state index in [0.717, 1.165) is 4.57 Å². The lowest BCUT2D eigenvalue weighted by atomic mass is 9.97. The van der Waals surface area contributed by atoms with Crippen molar-refractivity contribution in [2.24, 2.45) is 10.4 Å². The van der Waals surface area contributed by atoms with Crippen molar-refractivity contribution in [1.82, 2.24) is 9.55 Å². The summed E-state index contributed by atoms with van der Waals surface area (Å²) in [6.45, 7) is 13.1. The van der Waals surface area contributed by atoms with E-state index in [2.05, 4.69) is 15.3 Å². The van der Waals surface area contributed by atoms with Crippen LogP contribution in [0.3, 0.4) is 0 Å². The molecule has 0 aliphatic rings. The van der Waals surface area contributed by atoms with Gasteiger partial charge in [-0.25, -0.2) is 9.98 Å². The second-order valence-electron chi connectivity index (χ2n) is 10.5. The number of carbonyl (C=O) groups is 2. The number of carboxylic acid groups (broad SMARTS) is 1. The van der Waals surface area contributed by atoms with E-state index in [1.807, 2.05) is 13.8 Å². The largest absolute Gasteiger partial charge is 0.594 e. The zero-order valence-electron chi connectivity index (χ0n) is 21.8. The minimum atomic E-state index is -1.24. The molecule has 0 spiro atoms. The average Bonchev–Trinajstić information content (AvgIpc) is 2.68. The van der Waals surface area contributed by atoms with Gasteiger partial charge in [-0.3, -0.25) is 19.0 Å². The number of aromatic nitrogens is 2. The Labute approximate surface area is 209 Å². The molecule has 0 aliphatic carbocycles. The van der Waals surface area contributed by atoms with Crippen molar-refractivity contribution < 1.29 is 29.3 Å². The summed E-state index contributed by atoms with van der Waals surface area (Å²) in [6, 6.07) is 4.15. The van der Waals surface area contributed by atoms with Crippen molar-refractivity contribution in [2.75, 3.05) is 5.32 Å². The van der Waals surface area contributed by atoms with Crippen LogP contribution in [0.1, 0.15) is 55.4 Å². The quantitative estimate of drug-likeness (QED) is 0.252. The van der Waals surface area contributed by atoms with E-state index in [1.165, 1.54) is 24.4 Å². The zero-order valence-corrected chi connectivity index (χ0v) is 21.8. The van der Waals surface area contributed by atoms with Crippen LogP contribution in [0.2, 0.25) is 0 Å². The molecule has 0 aliphatic heterocycles. The molecule has 11 nitrogen and oxygen atoms in total. The molecule has 0 radical (unpaired) electrons. The Morgan fingerprint density at radius 2 is 1.81 bits per heavy atom. The van der Waals surface area contributed by atoms with Crippen LogP contribution in [0.25, 0.3) is 11.3 Å². The molecule has 11 heteroatoms. The Hall–Kier alpha value is -3.89. The number of benzene rings is 1. The SMILES string of the molecule is CC(C)Nc1ncc(-c2cc(N=C([O-])OC(C)(C)C)cc(OC(=O)C(C)(C)C)c2)n(CC(=O)O)c1=O. The topological polar surface area (TPSA) is 155 Å². The van der Waals surface area contributed by atoms with Gasteiger partial charge in [0.15, 0.2) is 11.9 Å². The minimum Gasteiger partial charge on any atom is -0.594 e. The zero-order chi connectivity index (χ0) is 27.4. The molecule has 0 unspecified atom stereocenters. The number of rotatable bonds is 7. The Balaban J connectivity index is 2.73. The average molecular weight is 502 g/mol. The molecular weight excluding hydrogens is 468 g/mol. The van der Waals surface area contributed by atoms with Gasteiger partial charge < -0.3 is 25.0 Å². The van der Waals surface area contributed by atoms with Gasteiger partial charge in [0.1, 0.15) is 12.3 Å². The molecule has 2 rings (SSSR count). The summed E-state index contributed by atoms with van der Waals surface area (Å²) in [6.07, 6.45) is 0.460. The number of aliphatic carboxylic acids is 1. The number of hydrogen-bond donors (Lipinski definition) is 2. The highest BCUT2D eigenvalue weighted by Gasteiger charge is 2.24. The van der Waals surface area contributed by atoms with Crippen molar-refractivity contribution in [3.8, 4) is 17.0 Å². The Kier molecular flexibility index (Phi) is 8.50. The van der Waals surface area contributed by atoms with E-state index in [9.17, 15) is 24.6 Å². The van der Waals surface area contributed by atoms with E-state index in [1.54, 1.807) is 41.5 Å². The third kappa shape index (κ3) is 8.10. The van der Waals surface area contributed by atoms with Gasteiger partial charge in [0.25, 0.3) is 5.56 Å². The predicted octanol–water partition coefficient (Wildman–Crippen LogP) is 2.93. The first kappa shape index (κ1) is 28.3. The lowest BCUT2D eigenvalue weighted by Crippen LogP contribution is -2.31. The first-order valence-corrected chi connectivity index (χ1v) is 11.4. The van der Waals surface area contributed by atoms with Crippen LogP contribution in [-0.2, 0) is 20.9 Å². The summed E-state index contributed by atoms with van der Waals surface area (Å²) < 4.78 is 11.8. The number of esters is 1. The first-order chi connectivity index (χ1) is 16.5. The number of anilines is 1. The highest BCUT2D eigenvalue weighted by atomic mass is 16.6.